The number of carbonyl (C=O) groups is 2. The van der Waals surface area contributed by atoms with E-state index in [1.165, 1.54) is 0 Å². The van der Waals surface area contributed by atoms with Gasteiger partial charge in [0.2, 0.25) is 0 Å². The molecule has 0 aliphatic rings. The number of ketones is 1. The van der Waals surface area contributed by atoms with Crippen molar-refractivity contribution in [2.24, 2.45) is 0 Å². The van der Waals surface area contributed by atoms with Gasteiger partial charge in [0.1, 0.15) is 5.75 Å². The number of aromatic nitrogens is 1. The standard InChI is InChI=1S/C22H21ClN2O3/c1-4-28-19-11-7-17(8-12-19)24-22(27)21(26)20-13-14(2)25(15(20)3)18-9-5-16(23)6-10-18/h5-13H,4H2,1-3H3,(H,24,27). The maximum atomic E-state index is 12.7. The zero-order valence-corrected chi connectivity index (χ0v) is 16.7. The van der Waals surface area contributed by atoms with Crippen LogP contribution in [0, 0.1) is 13.8 Å². The van der Waals surface area contributed by atoms with E-state index in [0.717, 1.165) is 11.4 Å². The van der Waals surface area contributed by atoms with Crippen molar-refractivity contribution >= 4 is 29.0 Å². The van der Waals surface area contributed by atoms with Gasteiger partial charge in [-0.05, 0) is 75.4 Å². The van der Waals surface area contributed by atoms with Gasteiger partial charge in [0.15, 0.2) is 0 Å². The van der Waals surface area contributed by atoms with Crippen molar-refractivity contribution in [3.05, 3.63) is 76.6 Å². The summed E-state index contributed by atoms with van der Waals surface area (Å²) in [7, 11) is 0. The minimum atomic E-state index is -0.680. The van der Waals surface area contributed by atoms with Crippen LogP contribution >= 0.6 is 11.6 Å². The molecule has 0 spiro atoms. The van der Waals surface area contributed by atoms with Crippen molar-refractivity contribution in [2.45, 2.75) is 20.8 Å². The lowest BCUT2D eigenvalue weighted by Crippen LogP contribution is -2.23. The zero-order chi connectivity index (χ0) is 20.3. The van der Waals surface area contributed by atoms with E-state index < -0.39 is 11.7 Å². The highest BCUT2D eigenvalue weighted by molar-refractivity contribution is 6.46. The largest absolute Gasteiger partial charge is 0.494 e. The van der Waals surface area contributed by atoms with E-state index in [-0.39, 0.29) is 0 Å². The van der Waals surface area contributed by atoms with Crippen LogP contribution in [0.5, 0.6) is 5.75 Å². The van der Waals surface area contributed by atoms with Crippen molar-refractivity contribution in [2.75, 3.05) is 11.9 Å². The normalized spacial score (nSPS) is 10.6. The first-order chi connectivity index (χ1) is 13.4. The molecule has 1 heterocycles. The highest BCUT2D eigenvalue weighted by Crippen LogP contribution is 2.23. The molecule has 5 nitrogen and oxygen atoms in total. The van der Waals surface area contributed by atoms with Gasteiger partial charge in [-0.1, -0.05) is 11.6 Å². The van der Waals surface area contributed by atoms with E-state index in [4.69, 9.17) is 16.3 Å². The number of nitrogens with zero attached hydrogens (tertiary/aromatic N) is 1. The number of halogens is 1. The lowest BCUT2D eigenvalue weighted by atomic mass is 10.1. The van der Waals surface area contributed by atoms with E-state index in [1.54, 1.807) is 42.5 Å². The number of Topliss-reactive ketones (excluding diaryl/α,β-unsaturated/α-hetero) is 1. The quantitative estimate of drug-likeness (QED) is 0.472. The van der Waals surface area contributed by atoms with Gasteiger partial charge in [0.05, 0.1) is 6.61 Å². The molecule has 144 valence electrons. The number of hydrogen-bond donors (Lipinski definition) is 1. The van der Waals surface area contributed by atoms with Gasteiger partial charge in [-0.2, -0.15) is 0 Å². The fourth-order valence-electron chi connectivity index (χ4n) is 3.09. The lowest BCUT2D eigenvalue weighted by Gasteiger charge is -2.10. The molecule has 0 fully saturated rings. The lowest BCUT2D eigenvalue weighted by molar-refractivity contribution is -0.112. The molecule has 0 atom stereocenters. The number of ether oxygens (including phenoxy) is 1. The number of anilines is 1. The first kappa shape index (κ1) is 19.7. The summed E-state index contributed by atoms with van der Waals surface area (Å²) in [4.78, 5) is 25.2. The summed E-state index contributed by atoms with van der Waals surface area (Å²) in [5, 5.41) is 3.28. The summed E-state index contributed by atoms with van der Waals surface area (Å²) in [5.74, 6) is -0.555. The first-order valence-electron chi connectivity index (χ1n) is 8.94. The average Bonchev–Trinajstić information content (AvgIpc) is 2.98. The van der Waals surface area contributed by atoms with Crippen molar-refractivity contribution in [3.8, 4) is 11.4 Å². The van der Waals surface area contributed by atoms with Gasteiger partial charge in [-0.25, -0.2) is 0 Å². The summed E-state index contributed by atoms with van der Waals surface area (Å²) in [6.45, 7) is 6.17. The van der Waals surface area contributed by atoms with E-state index in [2.05, 4.69) is 5.32 Å². The number of aryl methyl sites for hydroxylation is 1. The number of nitrogens with one attached hydrogen (secondary N) is 1. The fraction of sp³-hybridized carbons (Fsp3) is 0.182. The second kappa shape index (κ2) is 8.31. The van der Waals surface area contributed by atoms with Crippen LogP contribution in [0.3, 0.4) is 0 Å². The summed E-state index contributed by atoms with van der Waals surface area (Å²) in [6, 6.07) is 15.9. The van der Waals surface area contributed by atoms with Gasteiger partial charge in [-0.3, -0.25) is 9.59 Å². The van der Waals surface area contributed by atoms with Crippen LogP contribution < -0.4 is 10.1 Å². The van der Waals surface area contributed by atoms with Gasteiger partial charge in [0, 0.05) is 33.3 Å². The van der Waals surface area contributed by atoms with Crippen LogP contribution in [0.1, 0.15) is 28.7 Å². The Labute approximate surface area is 168 Å². The van der Waals surface area contributed by atoms with Crippen LogP contribution in [0.15, 0.2) is 54.6 Å². The Bertz CT molecular complexity index is 1010. The Hall–Kier alpha value is -3.05. The summed E-state index contributed by atoms with van der Waals surface area (Å²) >= 11 is 5.96. The Kier molecular flexibility index (Phi) is 5.85. The molecule has 0 radical (unpaired) electrons. The Balaban J connectivity index is 1.81. The minimum Gasteiger partial charge on any atom is -0.494 e. The van der Waals surface area contributed by atoms with E-state index >= 15 is 0 Å². The van der Waals surface area contributed by atoms with Crippen LogP contribution in [-0.4, -0.2) is 22.9 Å². The molecule has 0 saturated heterocycles. The Morgan fingerprint density at radius 1 is 1.04 bits per heavy atom. The van der Waals surface area contributed by atoms with Crippen LogP contribution in [-0.2, 0) is 4.79 Å². The number of hydrogen-bond acceptors (Lipinski definition) is 3. The smallest absolute Gasteiger partial charge is 0.296 e. The van der Waals surface area contributed by atoms with Crippen molar-refractivity contribution in [3.63, 3.8) is 0 Å². The maximum absolute atomic E-state index is 12.7. The number of rotatable bonds is 6. The summed E-state index contributed by atoms with van der Waals surface area (Å²) in [5.41, 5.74) is 3.35. The molecule has 1 amide bonds. The molecular formula is C22H21ClN2O3. The fourth-order valence-corrected chi connectivity index (χ4v) is 3.22. The molecule has 0 saturated carbocycles. The molecule has 0 aliphatic heterocycles. The van der Waals surface area contributed by atoms with E-state index in [1.807, 2.05) is 37.5 Å². The molecule has 0 bridgehead atoms. The molecule has 6 heteroatoms. The molecule has 3 rings (SSSR count). The second-order valence-corrected chi connectivity index (χ2v) is 6.77. The topological polar surface area (TPSA) is 60.3 Å². The van der Waals surface area contributed by atoms with Crippen LogP contribution in [0.2, 0.25) is 5.02 Å². The molecule has 3 aromatic rings. The molecular weight excluding hydrogens is 376 g/mol. The van der Waals surface area contributed by atoms with Crippen LogP contribution in [0.25, 0.3) is 5.69 Å². The van der Waals surface area contributed by atoms with Crippen molar-refractivity contribution in [1.82, 2.24) is 4.57 Å². The van der Waals surface area contributed by atoms with Crippen molar-refractivity contribution in [1.29, 1.82) is 0 Å². The molecule has 28 heavy (non-hydrogen) atoms. The number of benzene rings is 2. The molecule has 0 unspecified atom stereocenters. The molecule has 1 aromatic heterocycles. The van der Waals surface area contributed by atoms with Gasteiger partial charge >= 0.3 is 0 Å². The molecule has 2 aromatic carbocycles. The molecule has 0 aliphatic carbocycles. The second-order valence-electron chi connectivity index (χ2n) is 6.34. The first-order valence-corrected chi connectivity index (χ1v) is 9.32. The average molecular weight is 397 g/mol. The summed E-state index contributed by atoms with van der Waals surface area (Å²) in [6.07, 6.45) is 0. The third-order valence-corrected chi connectivity index (χ3v) is 4.64. The van der Waals surface area contributed by atoms with Gasteiger partial charge < -0.3 is 14.6 Å². The van der Waals surface area contributed by atoms with E-state index in [9.17, 15) is 9.59 Å². The predicted molar refractivity (Wildman–Crippen MR) is 111 cm³/mol. The van der Waals surface area contributed by atoms with Gasteiger partial charge in [0.25, 0.3) is 11.7 Å². The Morgan fingerprint density at radius 3 is 2.29 bits per heavy atom. The van der Waals surface area contributed by atoms with Crippen molar-refractivity contribution < 1.29 is 14.3 Å². The number of amides is 1. The molecule has 1 N–H and O–H groups in total. The minimum absolute atomic E-state index is 0.371. The SMILES string of the molecule is CCOc1ccc(NC(=O)C(=O)c2cc(C)n(-c3ccc(Cl)cc3)c2C)cc1. The van der Waals surface area contributed by atoms with E-state index in [0.29, 0.717) is 34.3 Å². The number of carbonyl (C=O) groups excluding carboxylic acids is 2. The highest BCUT2D eigenvalue weighted by atomic mass is 35.5. The monoisotopic (exact) mass is 396 g/mol. The van der Waals surface area contributed by atoms with Crippen LogP contribution in [0.4, 0.5) is 5.69 Å². The zero-order valence-electron chi connectivity index (χ0n) is 16.0. The predicted octanol–water partition coefficient (Wildman–Crippen LogP) is 4.97. The third kappa shape index (κ3) is 4.10. The maximum Gasteiger partial charge on any atom is 0.296 e. The third-order valence-electron chi connectivity index (χ3n) is 4.39. The highest BCUT2D eigenvalue weighted by Gasteiger charge is 2.22. The Morgan fingerprint density at radius 2 is 1.68 bits per heavy atom. The summed E-state index contributed by atoms with van der Waals surface area (Å²) < 4.78 is 7.30. The van der Waals surface area contributed by atoms with Gasteiger partial charge in [-0.15, -0.1) is 0 Å².